The van der Waals surface area contributed by atoms with Crippen molar-refractivity contribution in [3.8, 4) is 0 Å². The maximum absolute atomic E-state index is 12.6. The van der Waals surface area contributed by atoms with E-state index in [0.29, 0.717) is 17.7 Å². The molecule has 24 heavy (non-hydrogen) atoms. The summed E-state index contributed by atoms with van der Waals surface area (Å²) >= 11 is 0. The highest BCUT2D eigenvalue weighted by Crippen LogP contribution is 2.21. The number of amides is 1. The Morgan fingerprint density at radius 3 is 2.92 bits per heavy atom. The molecule has 1 saturated heterocycles. The van der Waals surface area contributed by atoms with Gasteiger partial charge in [-0.3, -0.25) is 9.78 Å². The molecule has 1 aliphatic heterocycles. The number of anilines is 1. The maximum atomic E-state index is 12.6. The van der Waals surface area contributed by atoms with Gasteiger partial charge in [0.05, 0.1) is 11.4 Å². The molecular weight excluding hydrogens is 304 g/mol. The number of likely N-dealkylation sites (tertiary alicyclic amines) is 1. The highest BCUT2D eigenvalue weighted by molar-refractivity contribution is 5.91. The molecule has 3 heterocycles. The number of piperidine rings is 1. The van der Waals surface area contributed by atoms with E-state index in [9.17, 15) is 4.79 Å². The summed E-state index contributed by atoms with van der Waals surface area (Å²) in [4.78, 5) is 18.5. The van der Waals surface area contributed by atoms with Gasteiger partial charge >= 0.3 is 0 Å². The van der Waals surface area contributed by atoms with Gasteiger partial charge in [0.2, 0.25) is 5.76 Å². The van der Waals surface area contributed by atoms with Gasteiger partial charge in [0, 0.05) is 43.5 Å². The topological polar surface area (TPSA) is 71.3 Å². The van der Waals surface area contributed by atoms with Crippen molar-refractivity contribution in [3.05, 3.63) is 42.0 Å². The van der Waals surface area contributed by atoms with Crippen molar-refractivity contribution in [3.63, 3.8) is 0 Å². The van der Waals surface area contributed by atoms with Crippen molar-refractivity contribution in [2.45, 2.75) is 45.1 Å². The summed E-state index contributed by atoms with van der Waals surface area (Å²) in [6.45, 7) is 5.62. The van der Waals surface area contributed by atoms with Crippen LogP contribution in [0.25, 0.3) is 0 Å². The molecule has 128 valence electrons. The van der Waals surface area contributed by atoms with Gasteiger partial charge in [0.25, 0.3) is 5.91 Å². The van der Waals surface area contributed by atoms with Crippen LogP contribution in [0.15, 0.2) is 35.1 Å². The molecule has 0 bridgehead atoms. The number of hydrogen-bond donors (Lipinski definition) is 1. The fourth-order valence-corrected chi connectivity index (χ4v) is 2.90. The minimum absolute atomic E-state index is 0.0584. The van der Waals surface area contributed by atoms with Crippen molar-refractivity contribution in [1.82, 2.24) is 15.0 Å². The van der Waals surface area contributed by atoms with E-state index in [2.05, 4.69) is 29.3 Å². The van der Waals surface area contributed by atoms with Gasteiger partial charge in [-0.25, -0.2) is 0 Å². The third-order valence-corrected chi connectivity index (χ3v) is 4.67. The van der Waals surface area contributed by atoms with Gasteiger partial charge in [0.1, 0.15) is 0 Å². The van der Waals surface area contributed by atoms with Gasteiger partial charge in [-0.15, -0.1) is 0 Å². The summed E-state index contributed by atoms with van der Waals surface area (Å²) in [6.07, 6.45) is 6.38. The predicted octanol–water partition coefficient (Wildman–Crippen LogP) is 3.30. The van der Waals surface area contributed by atoms with E-state index >= 15 is 0 Å². The first-order valence-electron chi connectivity index (χ1n) is 8.59. The Bertz CT molecular complexity index is 663. The second-order valence-corrected chi connectivity index (χ2v) is 6.38. The molecule has 0 saturated carbocycles. The number of carbonyl (C=O) groups is 1. The first kappa shape index (κ1) is 16.5. The summed E-state index contributed by atoms with van der Waals surface area (Å²) in [6, 6.07) is 6.08. The molecule has 1 aliphatic rings. The van der Waals surface area contributed by atoms with Crippen molar-refractivity contribution < 1.29 is 9.32 Å². The molecule has 0 unspecified atom stereocenters. The van der Waals surface area contributed by atoms with Crippen LogP contribution in [0.3, 0.4) is 0 Å². The smallest absolute Gasteiger partial charge is 0.292 e. The molecule has 0 aliphatic carbocycles. The first-order chi connectivity index (χ1) is 11.7. The van der Waals surface area contributed by atoms with E-state index in [0.717, 1.165) is 43.7 Å². The van der Waals surface area contributed by atoms with Crippen molar-refractivity contribution >= 4 is 11.6 Å². The summed E-state index contributed by atoms with van der Waals surface area (Å²) in [5, 5.41) is 7.50. The highest BCUT2D eigenvalue weighted by Gasteiger charge is 2.26. The van der Waals surface area contributed by atoms with Crippen LogP contribution >= 0.6 is 0 Å². The average Bonchev–Trinajstić information content (AvgIpc) is 3.12. The second-order valence-electron chi connectivity index (χ2n) is 6.38. The number of aromatic nitrogens is 2. The SMILES string of the molecule is CC[C@@H](C)c1cc(C(=O)N2CCC(Nc3cccnc3)CC2)on1. The minimum atomic E-state index is -0.0584. The van der Waals surface area contributed by atoms with Crippen molar-refractivity contribution in [2.24, 2.45) is 0 Å². The number of pyridine rings is 1. The lowest BCUT2D eigenvalue weighted by Gasteiger charge is -2.32. The molecule has 0 spiro atoms. The van der Waals surface area contributed by atoms with Crippen molar-refractivity contribution in [2.75, 3.05) is 18.4 Å². The molecule has 6 nitrogen and oxygen atoms in total. The lowest BCUT2D eigenvalue weighted by molar-refractivity contribution is 0.0676. The zero-order chi connectivity index (χ0) is 16.9. The van der Waals surface area contributed by atoms with Crippen LogP contribution in [0, 0.1) is 0 Å². The molecule has 6 heteroatoms. The van der Waals surface area contributed by atoms with E-state index in [-0.39, 0.29) is 5.91 Å². The first-order valence-corrected chi connectivity index (χ1v) is 8.59. The van der Waals surface area contributed by atoms with Crippen molar-refractivity contribution in [1.29, 1.82) is 0 Å². The molecule has 2 aromatic heterocycles. The van der Waals surface area contributed by atoms with Gasteiger partial charge in [-0.05, 0) is 31.4 Å². The molecule has 1 atom stereocenters. The van der Waals surface area contributed by atoms with Crippen LogP contribution < -0.4 is 5.32 Å². The van der Waals surface area contributed by atoms with E-state index in [1.54, 1.807) is 12.3 Å². The quantitative estimate of drug-likeness (QED) is 0.912. The van der Waals surface area contributed by atoms with Crippen LogP contribution in [0.2, 0.25) is 0 Å². The summed E-state index contributed by atoms with van der Waals surface area (Å²) in [7, 11) is 0. The Kier molecular flexibility index (Phi) is 5.13. The Morgan fingerprint density at radius 1 is 1.46 bits per heavy atom. The number of carbonyl (C=O) groups excluding carboxylic acids is 1. The van der Waals surface area contributed by atoms with E-state index in [1.807, 2.05) is 23.2 Å². The average molecular weight is 328 g/mol. The Balaban J connectivity index is 1.54. The van der Waals surface area contributed by atoms with Crippen LogP contribution in [0.1, 0.15) is 55.3 Å². The van der Waals surface area contributed by atoms with Crippen LogP contribution in [0.4, 0.5) is 5.69 Å². The number of rotatable bonds is 5. The Labute approximate surface area is 142 Å². The highest BCUT2D eigenvalue weighted by atomic mass is 16.5. The van der Waals surface area contributed by atoms with E-state index in [1.165, 1.54) is 0 Å². The fraction of sp³-hybridized carbons (Fsp3) is 0.500. The van der Waals surface area contributed by atoms with Crippen LogP contribution in [0.5, 0.6) is 0 Å². The van der Waals surface area contributed by atoms with E-state index < -0.39 is 0 Å². The molecular formula is C18H24N4O2. The third-order valence-electron chi connectivity index (χ3n) is 4.67. The monoisotopic (exact) mass is 328 g/mol. The summed E-state index contributed by atoms with van der Waals surface area (Å²) < 4.78 is 5.26. The molecule has 1 amide bonds. The molecule has 1 N–H and O–H groups in total. The van der Waals surface area contributed by atoms with Gasteiger partial charge in [-0.2, -0.15) is 0 Å². The number of nitrogens with zero attached hydrogens (tertiary/aromatic N) is 3. The van der Waals surface area contributed by atoms with Gasteiger partial charge in [0.15, 0.2) is 0 Å². The van der Waals surface area contributed by atoms with Crippen LogP contribution in [-0.4, -0.2) is 40.1 Å². The normalized spacial score (nSPS) is 16.8. The second kappa shape index (κ2) is 7.47. The lowest BCUT2D eigenvalue weighted by atomic mass is 10.0. The Morgan fingerprint density at radius 2 is 2.25 bits per heavy atom. The molecule has 2 aromatic rings. The zero-order valence-electron chi connectivity index (χ0n) is 14.2. The largest absolute Gasteiger partial charge is 0.381 e. The number of nitrogens with one attached hydrogen (secondary N) is 1. The standard InChI is InChI=1S/C18H24N4O2/c1-3-13(2)16-11-17(24-21-16)18(23)22-9-6-14(7-10-22)20-15-5-4-8-19-12-15/h4-5,8,11-14,20H,3,6-7,9-10H2,1-2H3/t13-/m1/s1. The molecule has 0 aromatic carbocycles. The fourth-order valence-electron chi connectivity index (χ4n) is 2.90. The minimum Gasteiger partial charge on any atom is -0.381 e. The van der Waals surface area contributed by atoms with Gasteiger partial charge < -0.3 is 14.7 Å². The van der Waals surface area contributed by atoms with Gasteiger partial charge in [-0.1, -0.05) is 19.0 Å². The molecule has 3 rings (SSSR count). The van der Waals surface area contributed by atoms with Crippen LogP contribution in [-0.2, 0) is 0 Å². The summed E-state index contributed by atoms with van der Waals surface area (Å²) in [5.74, 6) is 0.602. The number of hydrogen-bond acceptors (Lipinski definition) is 5. The predicted molar refractivity (Wildman–Crippen MR) is 92.0 cm³/mol. The summed E-state index contributed by atoms with van der Waals surface area (Å²) in [5.41, 5.74) is 1.88. The zero-order valence-corrected chi connectivity index (χ0v) is 14.2. The molecule has 0 radical (unpaired) electrons. The molecule has 1 fully saturated rings. The third kappa shape index (κ3) is 3.75. The lowest BCUT2D eigenvalue weighted by Crippen LogP contribution is -2.42. The van der Waals surface area contributed by atoms with E-state index in [4.69, 9.17) is 4.52 Å². The Hall–Kier alpha value is -2.37. The maximum Gasteiger partial charge on any atom is 0.292 e.